The third-order valence-corrected chi connectivity index (χ3v) is 4.78. The number of anilines is 1. The SMILES string of the molecule is CC(C)Oc1ccc(NS(=O)(=O)CC(=O)NCc2ccc(C(F)(F)F)cc2)cc1. The number of ether oxygens (including phenoxy) is 1. The van der Waals surface area contributed by atoms with Crippen molar-refractivity contribution in [2.75, 3.05) is 10.5 Å². The van der Waals surface area contributed by atoms with Crippen molar-refractivity contribution in [3.8, 4) is 5.75 Å². The second-order valence-corrected chi connectivity index (χ2v) is 8.25. The Morgan fingerprint density at radius 1 is 1.03 bits per heavy atom. The molecule has 0 aromatic heterocycles. The number of amides is 1. The van der Waals surface area contributed by atoms with Crippen LogP contribution in [0.15, 0.2) is 48.5 Å². The second-order valence-electron chi connectivity index (χ2n) is 6.52. The van der Waals surface area contributed by atoms with Crippen LogP contribution in [0.5, 0.6) is 5.75 Å². The van der Waals surface area contributed by atoms with Gasteiger partial charge < -0.3 is 10.1 Å². The molecule has 29 heavy (non-hydrogen) atoms. The molecule has 0 atom stereocenters. The Hall–Kier alpha value is -2.75. The van der Waals surface area contributed by atoms with Crippen LogP contribution in [0, 0.1) is 0 Å². The number of hydrogen-bond acceptors (Lipinski definition) is 4. The van der Waals surface area contributed by atoms with E-state index in [2.05, 4.69) is 10.0 Å². The molecule has 0 aliphatic rings. The molecule has 6 nitrogen and oxygen atoms in total. The Kier molecular flexibility index (Phi) is 7.12. The summed E-state index contributed by atoms with van der Waals surface area (Å²) in [6.45, 7) is 3.63. The highest BCUT2D eigenvalue weighted by Gasteiger charge is 2.29. The highest BCUT2D eigenvalue weighted by molar-refractivity contribution is 7.93. The van der Waals surface area contributed by atoms with Crippen LogP contribution in [-0.4, -0.2) is 26.2 Å². The van der Waals surface area contributed by atoms with Gasteiger partial charge in [-0.1, -0.05) is 12.1 Å². The van der Waals surface area contributed by atoms with Crippen molar-refractivity contribution in [1.29, 1.82) is 0 Å². The first-order valence-electron chi connectivity index (χ1n) is 8.65. The third kappa shape index (κ3) is 7.65. The van der Waals surface area contributed by atoms with E-state index in [-0.39, 0.29) is 18.3 Å². The number of alkyl halides is 3. The maximum atomic E-state index is 12.5. The minimum Gasteiger partial charge on any atom is -0.491 e. The number of sulfonamides is 1. The highest BCUT2D eigenvalue weighted by atomic mass is 32.2. The van der Waals surface area contributed by atoms with Gasteiger partial charge in [-0.05, 0) is 55.8 Å². The lowest BCUT2D eigenvalue weighted by molar-refractivity contribution is -0.137. The molecule has 0 fully saturated rings. The molecule has 0 unspecified atom stereocenters. The van der Waals surface area contributed by atoms with E-state index in [0.29, 0.717) is 11.3 Å². The first-order chi connectivity index (χ1) is 13.4. The van der Waals surface area contributed by atoms with E-state index in [1.54, 1.807) is 12.1 Å². The number of carbonyl (C=O) groups is 1. The lowest BCUT2D eigenvalue weighted by Crippen LogP contribution is -2.32. The van der Waals surface area contributed by atoms with Crippen molar-refractivity contribution in [3.63, 3.8) is 0 Å². The molecule has 0 aliphatic carbocycles. The molecule has 158 valence electrons. The van der Waals surface area contributed by atoms with Gasteiger partial charge in [-0.3, -0.25) is 9.52 Å². The second kappa shape index (κ2) is 9.17. The van der Waals surface area contributed by atoms with E-state index in [1.807, 2.05) is 13.8 Å². The minimum absolute atomic E-state index is 0.0223. The Morgan fingerprint density at radius 2 is 1.62 bits per heavy atom. The normalized spacial score (nSPS) is 11.9. The van der Waals surface area contributed by atoms with Gasteiger partial charge in [0.15, 0.2) is 0 Å². The van der Waals surface area contributed by atoms with Crippen LogP contribution in [0.3, 0.4) is 0 Å². The average Bonchev–Trinajstić information content (AvgIpc) is 2.60. The van der Waals surface area contributed by atoms with E-state index in [0.717, 1.165) is 12.1 Å². The van der Waals surface area contributed by atoms with E-state index < -0.39 is 33.4 Å². The van der Waals surface area contributed by atoms with Gasteiger partial charge >= 0.3 is 6.18 Å². The zero-order valence-corrected chi connectivity index (χ0v) is 16.6. The monoisotopic (exact) mass is 430 g/mol. The third-order valence-electron chi connectivity index (χ3n) is 3.59. The summed E-state index contributed by atoms with van der Waals surface area (Å²) in [5, 5.41) is 2.37. The molecular weight excluding hydrogens is 409 g/mol. The van der Waals surface area contributed by atoms with Crippen molar-refractivity contribution >= 4 is 21.6 Å². The summed E-state index contributed by atoms with van der Waals surface area (Å²) in [7, 11) is -3.95. The van der Waals surface area contributed by atoms with Crippen molar-refractivity contribution < 1.29 is 31.1 Å². The van der Waals surface area contributed by atoms with Gasteiger partial charge in [0.25, 0.3) is 0 Å². The molecule has 0 aliphatic heterocycles. The summed E-state index contributed by atoms with van der Waals surface area (Å²) in [6, 6.07) is 10.4. The Morgan fingerprint density at radius 3 is 2.14 bits per heavy atom. The van der Waals surface area contributed by atoms with Gasteiger partial charge in [0.05, 0.1) is 11.7 Å². The van der Waals surface area contributed by atoms with Crippen LogP contribution in [0.4, 0.5) is 18.9 Å². The molecular formula is C19H21F3N2O4S. The molecule has 2 N–H and O–H groups in total. The van der Waals surface area contributed by atoms with E-state index in [1.165, 1.54) is 24.3 Å². The van der Waals surface area contributed by atoms with Crippen molar-refractivity contribution in [1.82, 2.24) is 5.32 Å². The molecule has 0 radical (unpaired) electrons. The molecule has 2 rings (SSSR count). The molecule has 10 heteroatoms. The first-order valence-corrected chi connectivity index (χ1v) is 10.3. The fourth-order valence-corrected chi connectivity index (χ4v) is 3.34. The van der Waals surface area contributed by atoms with Crippen LogP contribution in [0.1, 0.15) is 25.0 Å². The maximum absolute atomic E-state index is 12.5. The summed E-state index contributed by atoms with van der Waals surface area (Å²) < 4.78 is 69.5. The summed E-state index contributed by atoms with van der Waals surface area (Å²) >= 11 is 0. The average molecular weight is 430 g/mol. The maximum Gasteiger partial charge on any atom is 0.416 e. The molecule has 2 aromatic carbocycles. The largest absolute Gasteiger partial charge is 0.491 e. The topological polar surface area (TPSA) is 84.5 Å². The van der Waals surface area contributed by atoms with Crippen LogP contribution < -0.4 is 14.8 Å². The zero-order chi connectivity index (χ0) is 21.7. The number of nitrogens with one attached hydrogen (secondary N) is 2. The van der Waals surface area contributed by atoms with E-state index >= 15 is 0 Å². The smallest absolute Gasteiger partial charge is 0.416 e. The standard InChI is InChI=1S/C19H21F3N2O4S/c1-13(2)28-17-9-7-16(8-10-17)24-29(26,27)12-18(25)23-11-14-3-5-15(6-4-14)19(20,21)22/h3-10,13,24H,11-12H2,1-2H3,(H,23,25). The molecule has 0 saturated carbocycles. The van der Waals surface area contributed by atoms with E-state index in [4.69, 9.17) is 4.74 Å². The van der Waals surface area contributed by atoms with Crippen LogP contribution in [-0.2, 0) is 27.5 Å². The zero-order valence-electron chi connectivity index (χ0n) is 15.8. The molecule has 0 heterocycles. The van der Waals surface area contributed by atoms with E-state index in [9.17, 15) is 26.4 Å². The fourth-order valence-electron chi connectivity index (χ4n) is 2.33. The lowest BCUT2D eigenvalue weighted by atomic mass is 10.1. The molecule has 0 bridgehead atoms. The molecule has 0 spiro atoms. The summed E-state index contributed by atoms with van der Waals surface area (Å²) in [5.41, 5.74) is -0.113. The summed E-state index contributed by atoms with van der Waals surface area (Å²) in [6.07, 6.45) is -4.47. The molecule has 0 saturated heterocycles. The predicted octanol–water partition coefficient (Wildman–Crippen LogP) is 3.55. The first kappa shape index (κ1) is 22.5. The highest BCUT2D eigenvalue weighted by Crippen LogP contribution is 2.29. The van der Waals surface area contributed by atoms with Crippen LogP contribution >= 0.6 is 0 Å². The Bertz CT molecular complexity index is 925. The van der Waals surface area contributed by atoms with Crippen LogP contribution in [0.25, 0.3) is 0 Å². The van der Waals surface area contributed by atoms with Gasteiger partial charge in [-0.2, -0.15) is 13.2 Å². The lowest BCUT2D eigenvalue weighted by Gasteiger charge is -2.12. The van der Waals surface area contributed by atoms with Crippen molar-refractivity contribution in [3.05, 3.63) is 59.7 Å². The molecule has 1 amide bonds. The Balaban J connectivity index is 1.87. The van der Waals surface area contributed by atoms with Gasteiger partial charge in [-0.25, -0.2) is 8.42 Å². The van der Waals surface area contributed by atoms with Gasteiger partial charge in [0, 0.05) is 12.2 Å². The minimum atomic E-state index is -4.44. The fraction of sp³-hybridized carbons (Fsp3) is 0.316. The van der Waals surface area contributed by atoms with Crippen molar-refractivity contribution in [2.45, 2.75) is 32.7 Å². The molecule has 2 aromatic rings. The van der Waals surface area contributed by atoms with Crippen molar-refractivity contribution in [2.24, 2.45) is 0 Å². The van der Waals surface area contributed by atoms with Crippen LogP contribution in [0.2, 0.25) is 0 Å². The quantitative estimate of drug-likeness (QED) is 0.671. The number of hydrogen-bond donors (Lipinski definition) is 2. The number of halogens is 3. The van der Waals surface area contributed by atoms with Gasteiger partial charge in [-0.15, -0.1) is 0 Å². The number of rotatable bonds is 8. The summed E-state index contributed by atoms with van der Waals surface area (Å²) in [4.78, 5) is 11.9. The number of benzene rings is 2. The predicted molar refractivity (Wildman–Crippen MR) is 103 cm³/mol. The Labute approximate surface area is 167 Å². The van der Waals surface area contributed by atoms with Gasteiger partial charge in [0.1, 0.15) is 11.5 Å². The number of carbonyl (C=O) groups excluding carboxylic acids is 1. The van der Waals surface area contributed by atoms with Gasteiger partial charge in [0.2, 0.25) is 15.9 Å². The summed E-state index contributed by atoms with van der Waals surface area (Å²) in [5.74, 6) is -1.02.